The van der Waals surface area contributed by atoms with Crippen molar-refractivity contribution in [2.24, 2.45) is 17.3 Å². The average molecular weight is 266 g/mol. The molecule has 1 saturated heterocycles. The minimum Gasteiger partial charge on any atom is -0.319 e. The molecule has 1 aliphatic carbocycles. The van der Waals surface area contributed by atoms with Crippen molar-refractivity contribution in [3.05, 3.63) is 0 Å². The van der Waals surface area contributed by atoms with E-state index in [1.165, 1.54) is 58.2 Å². The lowest BCUT2D eigenvalue weighted by Gasteiger charge is -2.48. The highest BCUT2D eigenvalue weighted by molar-refractivity contribution is 4.91. The highest BCUT2D eigenvalue weighted by Crippen LogP contribution is 2.41. The zero-order chi connectivity index (χ0) is 13.9. The molecular weight excluding hydrogens is 232 g/mol. The summed E-state index contributed by atoms with van der Waals surface area (Å²) in [6.45, 7) is 11.2. The number of nitrogens with one attached hydrogen (secondary N) is 1. The summed E-state index contributed by atoms with van der Waals surface area (Å²) in [6.07, 6.45) is 8.61. The van der Waals surface area contributed by atoms with Crippen LogP contribution < -0.4 is 5.32 Å². The molecule has 1 saturated carbocycles. The van der Waals surface area contributed by atoms with Gasteiger partial charge in [-0.05, 0) is 63.1 Å². The molecule has 0 spiro atoms. The van der Waals surface area contributed by atoms with E-state index < -0.39 is 0 Å². The molecule has 2 fully saturated rings. The molecule has 3 unspecified atom stereocenters. The van der Waals surface area contributed by atoms with Crippen LogP contribution in [-0.2, 0) is 0 Å². The lowest BCUT2D eigenvalue weighted by molar-refractivity contribution is 0.0169. The number of hydrogen-bond donors (Lipinski definition) is 1. The molecule has 0 aromatic carbocycles. The highest BCUT2D eigenvalue weighted by Gasteiger charge is 2.38. The third kappa shape index (κ3) is 3.95. The zero-order valence-electron chi connectivity index (χ0n) is 13.5. The summed E-state index contributed by atoms with van der Waals surface area (Å²) in [5.41, 5.74) is 0.473. The topological polar surface area (TPSA) is 15.3 Å². The van der Waals surface area contributed by atoms with Crippen LogP contribution in [0.1, 0.15) is 59.3 Å². The van der Waals surface area contributed by atoms with Crippen LogP contribution in [0.5, 0.6) is 0 Å². The molecule has 19 heavy (non-hydrogen) atoms. The maximum atomic E-state index is 3.38. The molecule has 0 aromatic heterocycles. The fraction of sp³-hybridized carbons (Fsp3) is 1.00. The summed E-state index contributed by atoms with van der Waals surface area (Å²) in [4.78, 5) is 2.85. The largest absolute Gasteiger partial charge is 0.319 e. The van der Waals surface area contributed by atoms with Gasteiger partial charge in [-0.25, -0.2) is 0 Å². The van der Waals surface area contributed by atoms with Crippen molar-refractivity contribution in [1.82, 2.24) is 10.2 Å². The van der Waals surface area contributed by atoms with E-state index in [0.29, 0.717) is 5.41 Å². The van der Waals surface area contributed by atoms with Gasteiger partial charge < -0.3 is 5.32 Å². The number of nitrogens with zero attached hydrogens (tertiary/aromatic N) is 1. The molecule has 1 heterocycles. The number of hydrogen-bond acceptors (Lipinski definition) is 2. The first kappa shape index (κ1) is 15.3. The van der Waals surface area contributed by atoms with Crippen LogP contribution in [0.25, 0.3) is 0 Å². The first-order chi connectivity index (χ1) is 9.02. The molecule has 0 radical (unpaired) electrons. The molecule has 2 aliphatic rings. The Morgan fingerprint density at radius 2 is 1.79 bits per heavy atom. The number of likely N-dealkylation sites (tertiary alicyclic amines) is 1. The van der Waals surface area contributed by atoms with Gasteiger partial charge in [0.2, 0.25) is 0 Å². The second-order valence-electron chi connectivity index (χ2n) is 7.89. The summed E-state index contributed by atoms with van der Waals surface area (Å²) in [7, 11) is 2.09. The van der Waals surface area contributed by atoms with Gasteiger partial charge in [0.05, 0.1) is 0 Å². The second kappa shape index (κ2) is 6.58. The Labute approximate surface area is 120 Å². The first-order valence-corrected chi connectivity index (χ1v) is 8.41. The SMILES string of the molecule is CNCC1CCCN(C2CCCCC2C(C)(C)C)C1. The van der Waals surface area contributed by atoms with Gasteiger partial charge in [0.25, 0.3) is 0 Å². The van der Waals surface area contributed by atoms with E-state index in [1.807, 2.05) is 0 Å². The van der Waals surface area contributed by atoms with Crippen molar-refractivity contribution in [1.29, 1.82) is 0 Å². The van der Waals surface area contributed by atoms with Gasteiger partial charge in [0.1, 0.15) is 0 Å². The van der Waals surface area contributed by atoms with E-state index in [2.05, 4.69) is 38.0 Å². The second-order valence-corrected chi connectivity index (χ2v) is 7.89. The minimum absolute atomic E-state index is 0.473. The predicted octanol–water partition coefficient (Wildman–Crippen LogP) is 3.52. The van der Waals surface area contributed by atoms with Crippen LogP contribution in [0.3, 0.4) is 0 Å². The Hall–Kier alpha value is -0.0800. The van der Waals surface area contributed by atoms with E-state index in [1.54, 1.807) is 0 Å². The third-order valence-electron chi connectivity index (χ3n) is 5.35. The molecule has 2 heteroatoms. The minimum atomic E-state index is 0.473. The average Bonchev–Trinajstić information content (AvgIpc) is 2.38. The van der Waals surface area contributed by atoms with Crippen LogP contribution in [-0.4, -0.2) is 37.6 Å². The van der Waals surface area contributed by atoms with E-state index >= 15 is 0 Å². The van der Waals surface area contributed by atoms with Crippen LogP contribution in [0.15, 0.2) is 0 Å². The van der Waals surface area contributed by atoms with Crippen LogP contribution in [0, 0.1) is 17.3 Å². The van der Waals surface area contributed by atoms with Crippen molar-refractivity contribution < 1.29 is 0 Å². The van der Waals surface area contributed by atoms with Gasteiger partial charge in [-0.3, -0.25) is 4.90 Å². The van der Waals surface area contributed by atoms with E-state index in [4.69, 9.17) is 0 Å². The third-order valence-corrected chi connectivity index (χ3v) is 5.35. The number of rotatable bonds is 3. The molecule has 0 amide bonds. The smallest absolute Gasteiger partial charge is 0.0129 e. The van der Waals surface area contributed by atoms with E-state index in [-0.39, 0.29) is 0 Å². The van der Waals surface area contributed by atoms with Crippen molar-refractivity contribution in [2.75, 3.05) is 26.7 Å². The van der Waals surface area contributed by atoms with E-state index in [0.717, 1.165) is 17.9 Å². The molecule has 3 atom stereocenters. The van der Waals surface area contributed by atoms with Gasteiger partial charge in [-0.2, -0.15) is 0 Å². The van der Waals surface area contributed by atoms with E-state index in [9.17, 15) is 0 Å². The summed E-state index contributed by atoms with van der Waals surface area (Å²) < 4.78 is 0. The first-order valence-electron chi connectivity index (χ1n) is 8.41. The molecule has 0 bridgehead atoms. The molecular formula is C17H34N2. The zero-order valence-corrected chi connectivity index (χ0v) is 13.5. The van der Waals surface area contributed by atoms with Crippen LogP contribution >= 0.6 is 0 Å². The Morgan fingerprint density at radius 3 is 2.47 bits per heavy atom. The molecule has 2 rings (SSSR count). The van der Waals surface area contributed by atoms with Crippen LogP contribution in [0.2, 0.25) is 0 Å². The fourth-order valence-corrected chi connectivity index (χ4v) is 4.41. The van der Waals surface area contributed by atoms with Gasteiger partial charge in [-0.15, -0.1) is 0 Å². The van der Waals surface area contributed by atoms with Gasteiger partial charge in [-0.1, -0.05) is 33.6 Å². The van der Waals surface area contributed by atoms with Gasteiger partial charge in [0, 0.05) is 12.6 Å². The Morgan fingerprint density at radius 1 is 1.05 bits per heavy atom. The maximum absolute atomic E-state index is 3.38. The quantitative estimate of drug-likeness (QED) is 0.841. The maximum Gasteiger partial charge on any atom is 0.0129 e. The highest BCUT2D eigenvalue weighted by atomic mass is 15.2. The summed E-state index contributed by atoms with van der Waals surface area (Å²) in [5.74, 6) is 1.77. The summed E-state index contributed by atoms with van der Waals surface area (Å²) in [5, 5.41) is 3.38. The lowest BCUT2D eigenvalue weighted by atomic mass is 9.68. The fourth-order valence-electron chi connectivity index (χ4n) is 4.41. The predicted molar refractivity (Wildman–Crippen MR) is 83.4 cm³/mol. The van der Waals surface area contributed by atoms with Crippen LogP contribution in [0.4, 0.5) is 0 Å². The van der Waals surface area contributed by atoms with Gasteiger partial charge >= 0.3 is 0 Å². The van der Waals surface area contributed by atoms with Crippen molar-refractivity contribution >= 4 is 0 Å². The Bertz CT molecular complexity index is 267. The monoisotopic (exact) mass is 266 g/mol. The molecule has 112 valence electrons. The van der Waals surface area contributed by atoms with Crippen molar-refractivity contribution in [2.45, 2.75) is 65.3 Å². The summed E-state index contributed by atoms with van der Waals surface area (Å²) in [6, 6.07) is 0.855. The molecule has 1 aliphatic heterocycles. The molecule has 2 nitrogen and oxygen atoms in total. The van der Waals surface area contributed by atoms with Crippen molar-refractivity contribution in [3.8, 4) is 0 Å². The standard InChI is InChI=1S/C17H34N2/c1-17(2,3)15-9-5-6-10-16(15)19-11-7-8-14(13-19)12-18-4/h14-16,18H,5-13H2,1-4H3. The Balaban J connectivity index is 2.01. The molecule has 1 N–H and O–H groups in total. The summed E-state index contributed by atoms with van der Waals surface area (Å²) >= 11 is 0. The lowest BCUT2D eigenvalue weighted by Crippen LogP contribution is -2.51. The van der Waals surface area contributed by atoms with Gasteiger partial charge in [0.15, 0.2) is 0 Å². The van der Waals surface area contributed by atoms with Crippen molar-refractivity contribution in [3.63, 3.8) is 0 Å². The Kier molecular flexibility index (Phi) is 5.30. The number of piperidine rings is 1. The normalized spacial score (nSPS) is 34.4. The molecule has 0 aromatic rings.